The molecule has 0 bridgehead atoms. The van der Waals surface area contributed by atoms with Gasteiger partial charge in [-0.05, 0) is 37.6 Å². The van der Waals surface area contributed by atoms with Gasteiger partial charge in [0.05, 0.1) is 18.5 Å². The summed E-state index contributed by atoms with van der Waals surface area (Å²) in [7, 11) is 1.63. The molecule has 0 aliphatic rings. The molecule has 6 nitrogen and oxygen atoms in total. The molecule has 0 N–H and O–H groups in total. The van der Waals surface area contributed by atoms with Gasteiger partial charge in [0.2, 0.25) is 0 Å². The Labute approximate surface area is 149 Å². The molecular formula is C18H18N2O4S. The van der Waals surface area contributed by atoms with Crippen LogP contribution < -0.4 is 4.74 Å². The summed E-state index contributed by atoms with van der Waals surface area (Å²) in [6, 6.07) is 7.66. The van der Waals surface area contributed by atoms with Gasteiger partial charge in [0.15, 0.2) is 0 Å². The van der Waals surface area contributed by atoms with Crippen LogP contribution in [0.1, 0.15) is 34.4 Å². The van der Waals surface area contributed by atoms with Gasteiger partial charge in [0.25, 0.3) is 0 Å². The minimum atomic E-state index is -0.436. The fourth-order valence-corrected chi connectivity index (χ4v) is 3.18. The molecule has 0 aliphatic heterocycles. The maximum Gasteiger partial charge on any atom is 0.344 e. The highest BCUT2D eigenvalue weighted by molar-refractivity contribution is 7.13. The highest BCUT2D eigenvalue weighted by Crippen LogP contribution is 2.26. The zero-order chi connectivity index (χ0) is 17.8. The first-order chi connectivity index (χ1) is 12.1. The first-order valence-corrected chi connectivity index (χ1v) is 8.71. The molecule has 3 rings (SSSR count). The number of thiazole rings is 1. The minimum absolute atomic E-state index is 0.110. The van der Waals surface area contributed by atoms with Crippen LogP contribution in [-0.4, -0.2) is 23.2 Å². The lowest BCUT2D eigenvalue weighted by Gasteiger charge is -2.03. The Morgan fingerprint density at radius 3 is 2.72 bits per heavy atom. The molecule has 7 heteroatoms. The predicted octanol–water partition coefficient (Wildman–Crippen LogP) is 4.03. The summed E-state index contributed by atoms with van der Waals surface area (Å²) in [5.74, 6) is 0.832. The molecule has 0 amide bonds. The topological polar surface area (TPSA) is 74.5 Å². The number of rotatable bonds is 6. The summed E-state index contributed by atoms with van der Waals surface area (Å²) in [6.45, 7) is 3.72. The molecule has 0 fully saturated rings. The number of nitrogens with zero attached hydrogens (tertiary/aromatic N) is 2. The average molecular weight is 358 g/mol. The van der Waals surface area contributed by atoms with Crippen LogP contribution in [0.3, 0.4) is 0 Å². The number of carbonyl (C=O) groups is 1. The van der Waals surface area contributed by atoms with Crippen molar-refractivity contribution >= 4 is 17.3 Å². The number of aryl methyl sites for hydroxylation is 2. The molecule has 0 radical (unpaired) electrons. The molecule has 25 heavy (non-hydrogen) atoms. The van der Waals surface area contributed by atoms with Gasteiger partial charge >= 0.3 is 5.97 Å². The average Bonchev–Trinajstić information content (AvgIpc) is 3.26. The van der Waals surface area contributed by atoms with Gasteiger partial charge in [-0.1, -0.05) is 12.1 Å². The van der Waals surface area contributed by atoms with E-state index in [4.69, 9.17) is 14.0 Å². The number of hydrogen-bond donors (Lipinski definition) is 0. The van der Waals surface area contributed by atoms with Gasteiger partial charge in [-0.3, -0.25) is 0 Å². The summed E-state index contributed by atoms with van der Waals surface area (Å²) >= 11 is 1.50. The van der Waals surface area contributed by atoms with Gasteiger partial charge < -0.3 is 14.0 Å². The molecule has 0 saturated carbocycles. The second-order valence-corrected chi connectivity index (χ2v) is 6.22. The zero-order valence-electron chi connectivity index (χ0n) is 14.2. The fourth-order valence-electron chi connectivity index (χ4n) is 2.37. The van der Waals surface area contributed by atoms with Crippen molar-refractivity contribution < 1.29 is 18.8 Å². The number of aromatic nitrogens is 2. The van der Waals surface area contributed by atoms with Crippen molar-refractivity contribution in [2.24, 2.45) is 0 Å². The quantitative estimate of drug-likeness (QED) is 0.619. The van der Waals surface area contributed by atoms with Crippen LogP contribution in [0.2, 0.25) is 0 Å². The van der Waals surface area contributed by atoms with E-state index >= 15 is 0 Å². The Bertz CT molecular complexity index is 868. The SMILES string of the molecule is CCc1noc(C)c1C(=O)OCc1csc(-c2ccc(OC)cc2)n1. The van der Waals surface area contributed by atoms with E-state index in [-0.39, 0.29) is 6.61 Å². The number of methoxy groups -OCH3 is 1. The van der Waals surface area contributed by atoms with Crippen molar-refractivity contribution in [1.82, 2.24) is 10.1 Å². The molecule has 130 valence electrons. The van der Waals surface area contributed by atoms with E-state index in [1.54, 1.807) is 14.0 Å². The van der Waals surface area contributed by atoms with Crippen LogP contribution in [0.15, 0.2) is 34.2 Å². The molecule has 0 spiro atoms. The highest BCUT2D eigenvalue weighted by Gasteiger charge is 2.21. The van der Waals surface area contributed by atoms with Gasteiger partial charge in [-0.25, -0.2) is 9.78 Å². The second-order valence-electron chi connectivity index (χ2n) is 5.36. The first kappa shape index (κ1) is 17.2. The predicted molar refractivity (Wildman–Crippen MR) is 93.8 cm³/mol. The monoisotopic (exact) mass is 358 g/mol. The van der Waals surface area contributed by atoms with E-state index in [9.17, 15) is 4.79 Å². The van der Waals surface area contributed by atoms with E-state index in [0.29, 0.717) is 29.1 Å². The molecule has 2 aromatic heterocycles. The molecule has 2 heterocycles. The van der Waals surface area contributed by atoms with Crippen LogP contribution in [0.4, 0.5) is 0 Å². The Hall–Kier alpha value is -2.67. The van der Waals surface area contributed by atoms with E-state index in [2.05, 4.69) is 10.1 Å². The van der Waals surface area contributed by atoms with Crippen molar-refractivity contribution in [3.05, 3.63) is 52.4 Å². The van der Waals surface area contributed by atoms with Crippen molar-refractivity contribution in [1.29, 1.82) is 0 Å². The third-order valence-corrected chi connectivity index (χ3v) is 4.65. The maximum absolute atomic E-state index is 12.3. The molecule has 0 saturated heterocycles. The largest absolute Gasteiger partial charge is 0.497 e. The summed E-state index contributed by atoms with van der Waals surface area (Å²) in [6.07, 6.45) is 0.611. The van der Waals surface area contributed by atoms with Gasteiger partial charge in [0.1, 0.15) is 28.7 Å². The minimum Gasteiger partial charge on any atom is -0.497 e. The van der Waals surface area contributed by atoms with E-state index in [1.165, 1.54) is 11.3 Å². The van der Waals surface area contributed by atoms with Gasteiger partial charge in [0, 0.05) is 10.9 Å². The van der Waals surface area contributed by atoms with E-state index < -0.39 is 5.97 Å². The van der Waals surface area contributed by atoms with Crippen molar-refractivity contribution in [2.75, 3.05) is 7.11 Å². The lowest BCUT2D eigenvalue weighted by atomic mass is 10.1. The first-order valence-electron chi connectivity index (χ1n) is 7.83. The van der Waals surface area contributed by atoms with Crippen LogP contribution in [0, 0.1) is 6.92 Å². The number of hydrogen-bond acceptors (Lipinski definition) is 7. The zero-order valence-corrected chi connectivity index (χ0v) is 15.1. The Morgan fingerprint density at radius 2 is 2.04 bits per heavy atom. The molecular weight excluding hydrogens is 340 g/mol. The number of ether oxygens (including phenoxy) is 2. The Balaban J connectivity index is 1.67. The van der Waals surface area contributed by atoms with E-state index in [0.717, 1.165) is 16.3 Å². The summed E-state index contributed by atoms with van der Waals surface area (Å²) in [4.78, 5) is 16.8. The molecule has 0 unspecified atom stereocenters. The number of benzene rings is 1. The Morgan fingerprint density at radius 1 is 1.28 bits per heavy atom. The molecule has 0 atom stereocenters. The summed E-state index contributed by atoms with van der Waals surface area (Å²) in [5.41, 5.74) is 2.72. The molecule has 0 aliphatic carbocycles. The summed E-state index contributed by atoms with van der Waals surface area (Å²) in [5, 5.41) is 6.62. The van der Waals surface area contributed by atoms with Crippen molar-refractivity contribution in [3.63, 3.8) is 0 Å². The van der Waals surface area contributed by atoms with Crippen molar-refractivity contribution in [3.8, 4) is 16.3 Å². The highest BCUT2D eigenvalue weighted by atomic mass is 32.1. The lowest BCUT2D eigenvalue weighted by molar-refractivity contribution is 0.0465. The summed E-state index contributed by atoms with van der Waals surface area (Å²) < 4.78 is 15.6. The van der Waals surface area contributed by atoms with Crippen LogP contribution in [-0.2, 0) is 17.8 Å². The van der Waals surface area contributed by atoms with Gasteiger partial charge in [-0.15, -0.1) is 11.3 Å². The third-order valence-electron chi connectivity index (χ3n) is 3.71. The fraction of sp³-hybridized carbons (Fsp3) is 0.278. The second kappa shape index (κ2) is 7.48. The Kier molecular flexibility index (Phi) is 5.14. The van der Waals surface area contributed by atoms with Gasteiger partial charge in [-0.2, -0.15) is 0 Å². The smallest absolute Gasteiger partial charge is 0.344 e. The molecule has 1 aromatic carbocycles. The third kappa shape index (κ3) is 3.71. The van der Waals surface area contributed by atoms with Crippen LogP contribution in [0.5, 0.6) is 5.75 Å². The van der Waals surface area contributed by atoms with E-state index in [1.807, 2.05) is 36.6 Å². The normalized spacial score (nSPS) is 10.7. The standard InChI is InChI=1S/C18H18N2O4S/c1-4-15-16(11(2)24-20-15)18(21)23-9-13-10-25-17(19-13)12-5-7-14(22-3)8-6-12/h5-8,10H,4,9H2,1-3H3. The molecule has 3 aromatic rings. The van der Waals surface area contributed by atoms with Crippen LogP contribution in [0.25, 0.3) is 10.6 Å². The van der Waals surface area contributed by atoms with Crippen molar-refractivity contribution in [2.45, 2.75) is 26.9 Å². The number of esters is 1. The maximum atomic E-state index is 12.3. The van der Waals surface area contributed by atoms with Crippen LogP contribution >= 0.6 is 11.3 Å². The number of carbonyl (C=O) groups excluding carboxylic acids is 1. The lowest BCUT2D eigenvalue weighted by Crippen LogP contribution is -2.08.